The molecular weight excluding hydrogens is 394 g/mol. The highest BCUT2D eigenvalue weighted by atomic mass is 19.1. The third-order valence-corrected chi connectivity index (χ3v) is 7.78. The van der Waals surface area contributed by atoms with Crippen LogP contribution < -0.4 is 5.32 Å². The molecule has 1 heterocycles. The van der Waals surface area contributed by atoms with Gasteiger partial charge in [-0.2, -0.15) is 0 Å². The fourth-order valence-corrected chi connectivity index (χ4v) is 5.86. The zero-order valence-corrected chi connectivity index (χ0v) is 18.8. The summed E-state index contributed by atoms with van der Waals surface area (Å²) >= 11 is 0. The smallest absolute Gasteiger partial charge is 0.230 e. The Morgan fingerprint density at radius 2 is 1.94 bits per heavy atom. The fraction of sp³-hybridized carbons (Fsp3) is 0.654. The number of carbonyl (C=O) groups is 1. The van der Waals surface area contributed by atoms with Gasteiger partial charge in [-0.3, -0.25) is 4.79 Å². The van der Waals surface area contributed by atoms with Crippen LogP contribution in [0.5, 0.6) is 0 Å². The lowest BCUT2D eigenvalue weighted by Gasteiger charge is -2.39. The molecular formula is C26H36F2N2O. The molecule has 0 aromatic heterocycles. The van der Waals surface area contributed by atoms with E-state index in [1.165, 1.54) is 24.1 Å². The lowest BCUT2D eigenvalue weighted by Crippen LogP contribution is -2.52. The SMILES string of the molecule is CC1=CCCC(CN2CCC(F)(CNC(=O)C3(c4cccc(F)c4)CCCC3)CC2)C1. The normalized spacial score (nSPS) is 25.8. The molecule has 1 saturated carbocycles. The van der Waals surface area contributed by atoms with Gasteiger partial charge in [-0.15, -0.1) is 0 Å². The number of alkyl halides is 1. The van der Waals surface area contributed by atoms with E-state index in [9.17, 15) is 9.18 Å². The number of benzene rings is 1. The third-order valence-electron chi connectivity index (χ3n) is 7.78. The van der Waals surface area contributed by atoms with E-state index in [1.807, 2.05) is 6.07 Å². The van der Waals surface area contributed by atoms with Crippen LogP contribution in [0.1, 0.15) is 70.3 Å². The van der Waals surface area contributed by atoms with Crippen molar-refractivity contribution in [2.45, 2.75) is 75.8 Å². The molecule has 170 valence electrons. The van der Waals surface area contributed by atoms with E-state index in [2.05, 4.69) is 23.2 Å². The number of halogens is 2. The van der Waals surface area contributed by atoms with Gasteiger partial charge in [0.25, 0.3) is 0 Å². The van der Waals surface area contributed by atoms with Crippen molar-refractivity contribution < 1.29 is 13.6 Å². The molecule has 2 aliphatic carbocycles. The molecule has 0 radical (unpaired) electrons. The summed E-state index contributed by atoms with van der Waals surface area (Å²) in [6.45, 7) is 4.82. The van der Waals surface area contributed by atoms with Gasteiger partial charge in [0, 0.05) is 19.6 Å². The predicted octanol–water partition coefficient (Wildman–Crippen LogP) is 5.30. The van der Waals surface area contributed by atoms with Gasteiger partial charge in [0.2, 0.25) is 5.91 Å². The van der Waals surface area contributed by atoms with Gasteiger partial charge >= 0.3 is 0 Å². The van der Waals surface area contributed by atoms with E-state index < -0.39 is 11.1 Å². The van der Waals surface area contributed by atoms with Crippen LogP contribution in [0.15, 0.2) is 35.9 Å². The van der Waals surface area contributed by atoms with Crippen LogP contribution >= 0.6 is 0 Å². The zero-order valence-electron chi connectivity index (χ0n) is 18.8. The van der Waals surface area contributed by atoms with Crippen molar-refractivity contribution in [3.8, 4) is 0 Å². The molecule has 2 fully saturated rings. The second-order valence-corrected chi connectivity index (χ2v) is 10.1. The first-order valence-corrected chi connectivity index (χ1v) is 12.0. The molecule has 4 rings (SSSR count). The van der Waals surface area contributed by atoms with Crippen LogP contribution in [0.3, 0.4) is 0 Å². The van der Waals surface area contributed by atoms with E-state index in [1.54, 1.807) is 6.07 Å². The molecule has 31 heavy (non-hydrogen) atoms. The van der Waals surface area contributed by atoms with Gasteiger partial charge in [0.1, 0.15) is 11.5 Å². The summed E-state index contributed by atoms with van der Waals surface area (Å²) in [5.41, 5.74) is 0.138. The Balaban J connectivity index is 1.31. The van der Waals surface area contributed by atoms with Crippen molar-refractivity contribution in [3.05, 3.63) is 47.3 Å². The molecule has 1 saturated heterocycles. The van der Waals surface area contributed by atoms with Crippen LogP contribution in [-0.2, 0) is 10.2 Å². The number of nitrogens with zero attached hydrogens (tertiary/aromatic N) is 1. The van der Waals surface area contributed by atoms with Crippen molar-refractivity contribution in [1.82, 2.24) is 10.2 Å². The van der Waals surface area contributed by atoms with Gasteiger partial charge in [0.15, 0.2) is 0 Å². The van der Waals surface area contributed by atoms with Crippen LogP contribution in [-0.4, -0.2) is 42.7 Å². The molecule has 1 unspecified atom stereocenters. The molecule has 1 aromatic carbocycles. The number of likely N-dealkylation sites (tertiary alicyclic amines) is 1. The molecule has 1 atom stereocenters. The van der Waals surface area contributed by atoms with E-state index in [4.69, 9.17) is 0 Å². The number of nitrogens with one attached hydrogen (secondary N) is 1. The Morgan fingerprint density at radius 3 is 2.61 bits per heavy atom. The van der Waals surface area contributed by atoms with Gasteiger partial charge in [-0.05, 0) is 75.5 Å². The molecule has 3 nitrogen and oxygen atoms in total. The maximum Gasteiger partial charge on any atom is 0.230 e. The van der Waals surface area contributed by atoms with E-state index in [0.717, 1.165) is 50.9 Å². The van der Waals surface area contributed by atoms with Gasteiger partial charge in [-0.25, -0.2) is 8.78 Å². The molecule has 5 heteroatoms. The maximum absolute atomic E-state index is 15.5. The summed E-state index contributed by atoms with van der Waals surface area (Å²) in [5, 5.41) is 2.93. The quantitative estimate of drug-likeness (QED) is 0.621. The minimum atomic E-state index is -1.35. The van der Waals surface area contributed by atoms with Crippen LogP contribution in [0, 0.1) is 11.7 Å². The van der Waals surface area contributed by atoms with E-state index in [0.29, 0.717) is 31.6 Å². The summed E-state index contributed by atoms with van der Waals surface area (Å²) in [7, 11) is 0. The highest BCUT2D eigenvalue weighted by molar-refractivity contribution is 5.88. The molecule has 0 bridgehead atoms. The van der Waals surface area contributed by atoms with Crippen molar-refractivity contribution in [2.75, 3.05) is 26.2 Å². The third kappa shape index (κ3) is 5.19. The van der Waals surface area contributed by atoms with E-state index >= 15 is 4.39 Å². The first kappa shape index (κ1) is 22.4. The minimum Gasteiger partial charge on any atom is -0.352 e. The largest absolute Gasteiger partial charge is 0.352 e. The average molecular weight is 431 g/mol. The van der Waals surface area contributed by atoms with Crippen molar-refractivity contribution in [2.24, 2.45) is 5.92 Å². The Labute approximate surface area is 185 Å². The highest BCUT2D eigenvalue weighted by Crippen LogP contribution is 2.42. The summed E-state index contributed by atoms with van der Waals surface area (Å²) in [4.78, 5) is 15.6. The highest BCUT2D eigenvalue weighted by Gasteiger charge is 2.44. The number of hydrogen-bond acceptors (Lipinski definition) is 2. The van der Waals surface area contributed by atoms with Crippen molar-refractivity contribution >= 4 is 5.91 Å². The summed E-state index contributed by atoms with van der Waals surface area (Å²) in [6.07, 6.45) is 10.1. The number of piperidine rings is 1. The molecule has 3 aliphatic rings. The lowest BCUT2D eigenvalue weighted by molar-refractivity contribution is -0.127. The summed E-state index contributed by atoms with van der Waals surface area (Å²) in [6, 6.07) is 6.36. The Bertz CT molecular complexity index is 807. The maximum atomic E-state index is 15.5. The summed E-state index contributed by atoms with van der Waals surface area (Å²) in [5.74, 6) is 0.222. The van der Waals surface area contributed by atoms with E-state index in [-0.39, 0.29) is 18.3 Å². The Hall–Kier alpha value is -1.75. The number of rotatable bonds is 6. The van der Waals surface area contributed by atoms with Crippen molar-refractivity contribution in [1.29, 1.82) is 0 Å². The topological polar surface area (TPSA) is 32.3 Å². The Kier molecular flexibility index (Phi) is 6.80. The monoisotopic (exact) mass is 430 g/mol. The lowest BCUT2D eigenvalue weighted by atomic mass is 9.77. The fourth-order valence-electron chi connectivity index (χ4n) is 5.86. The van der Waals surface area contributed by atoms with Crippen LogP contribution in [0.2, 0.25) is 0 Å². The molecule has 1 aliphatic heterocycles. The average Bonchev–Trinajstić information content (AvgIpc) is 3.25. The number of carbonyl (C=O) groups excluding carboxylic acids is 1. The Morgan fingerprint density at radius 1 is 1.19 bits per heavy atom. The molecule has 0 spiro atoms. The molecule has 1 N–H and O–H groups in total. The number of hydrogen-bond donors (Lipinski definition) is 1. The van der Waals surface area contributed by atoms with Crippen LogP contribution in [0.4, 0.5) is 8.78 Å². The van der Waals surface area contributed by atoms with Crippen LogP contribution in [0.25, 0.3) is 0 Å². The summed E-state index contributed by atoms with van der Waals surface area (Å²) < 4.78 is 29.3. The minimum absolute atomic E-state index is 0.0576. The first-order chi connectivity index (χ1) is 14.9. The van der Waals surface area contributed by atoms with Crippen molar-refractivity contribution in [3.63, 3.8) is 0 Å². The second kappa shape index (κ2) is 9.40. The molecule has 1 amide bonds. The standard InChI is InChI=1S/C26H36F2N2O/c1-20-6-4-7-21(16-20)18-30-14-12-25(28,13-15-30)19-29-24(31)26(10-2-3-11-26)22-8-5-9-23(27)17-22/h5-6,8-9,17,21H,2-4,7,10-16,18-19H2,1H3,(H,29,31). The zero-order chi connectivity index (χ0) is 21.9. The van der Waals surface area contributed by atoms with Gasteiger partial charge in [-0.1, -0.05) is 36.6 Å². The molecule has 1 aromatic rings. The first-order valence-electron chi connectivity index (χ1n) is 12.0. The van der Waals surface area contributed by atoms with Gasteiger partial charge < -0.3 is 10.2 Å². The predicted molar refractivity (Wildman–Crippen MR) is 120 cm³/mol. The number of allylic oxidation sites excluding steroid dienone is 2. The second-order valence-electron chi connectivity index (χ2n) is 10.1. The van der Waals surface area contributed by atoms with Gasteiger partial charge in [0.05, 0.1) is 12.0 Å². The number of amides is 1.